The Morgan fingerprint density at radius 3 is 1.90 bits per heavy atom. The Kier molecular flexibility index (Phi) is 7.90. The predicted molar refractivity (Wildman–Crippen MR) is 76.3 cm³/mol. The van der Waals surface area contributed by atoms with Gasteiger partial charge in [-0.3, -0.25) is 9.59 Å². The number of amides is 2. The molecular weight excluding hydrogens is 278 g/mol. The van der Waals surface area contributed by atoms with Crippen molar-refractivity contribution in [2.45, 2.75) is 58.3 Å². The van der Waals surface area contributed by atoms with Gasteiger partial charge in [-0.15, -0.1) is 0 Å². The van der Waals surface area contributed by atoms with Gasteiger partial charge < -0.3 is 26.6 Å². The van der Waals surface area contributed by atoms with Crippen LogP contribution >= 0.6 is 0 Å². The Morgan fingerprint density at radius 2 is 1.57 bits per heavy atom. The zero-order valence-corrected chi connectivity index (χ0v) is 12.8. The molecule has 0 aromatic carbocycles. The number of hydrogen-bond acceptors (Lipinski definition) is 5. The minimum atomic E-state index is -1.43. The first-order chi connectivity index (χ1) is 9.56. The molecule has 0 radical (unpaired) electrons. The molecule has 0 spiro atoms. The molecule has 0 rings (SSSR count). The summed E-state index contributed by atoms with van der Waals surface area (Å²) in [5, 5.41) is 23.0. The number of aliphatic hydroxyl groups is 1. The number of carboxylic acid groups (broad SMARTS) is 1. The monoisotopic (exact) mass is 303 g/mol. The topological polar surface area (TPSA) is 142 Å². The summed E-state index contributed by atoms with van der Waals surface area (Å²) in [6, 6.07) is -3.11. The highest BCUT2D eigenvalue weighted by molar-refractivity contribution is 5.91. The third kappa shape index (κ3) is 7.05. The summed E-state index contributed by atoms with van der Waals surface area (Å²) in [5.41, 5.74) is 5.44. The number of aliphatic carboxylic acids is 1. The Bertz CT molecular complexity index is 382. The van der Waals surface area contributed by atoms with Gasteiger partial charge in [0.2, 0.25) is 11.8 Å². The van der Waals surface area contributed by atoms with Crippen molar-refractivity contribution < 1.29 is 24.6 Å². The lowest BCUT2D eigenvalue weighted by molar-refractivity contribution is -0.145. The van der Waals surface area contributed by atoms with Gasteiger partial charge in [0, 0.05) is 0 Å². The summed E-state index contributed by atoms with van der Waals surface area (Å²) in [7, 11) is 0. The summed E-state index contributed by atoms with van der Waals surface area (Å²) in [4.78, 5) is 34.7. The van der Waals surface area contributed by atoms with Gasteiger partial charge in [-0.2, -0.15) is 0 Å². The Labute approximate surface area is 124 Å². The van der Waals surface area contributed by atoms with E-state index in [1.165, 1.54) is 13.8 Å². The van der Waals surface area contributed by atoms with Gasteiger partial charge in [-0.05, 0) is 26.2 Å². The predicted octanol–water partition coefficient (Wildman–Crippen LogP) is -1.19. The molecule has 0 fully saturated rings. The van der Waals surface area contributed by atoms with Crippen LogP contribution in [0, 0.1) is 5.92 Å². The van der Waals surface area contributed by atoms with Crippen LogP contribution in [0.1, 0.15) is 34.1 Å². The van der Waals surface area contributed by atoms with Gasteiger partial charge in [0.25, 0.3) is 0 Å². The average Bonchev–Trinajstić information content (AvgIpc) is 2.32. The van der Waals surface area contributed by atoms with Crippen molar-refractivity contribution >= 4 is 17.8 Å². The second-order valence-electron chi connectivity index (χ2n) is 5.54. The number of hydrogen-bond donors (Lipinski definition) is 5. The molecule has 0 aromatic rings. The molecule has 2 amide bonds. The molecular formula is C13H25N3O5. The van der Waals surface area contributed by atoms with Gasteiger partial charge >= 0.3 is 5.97 Å². The number of nitrogens with one attached hydrogen (secondary N) is 2. The molecule has 8 nitrogen and oxygen atoms in total. The van der Waals surface area contributed by atoms with Crippen LogP contribution in [0.5, 0.6) is 0 Å². The van der Waals surface area contributed by atoms with E-state index in [4.69, 9.17) is 10.8 Å². The quantitative estimate of drug-likeness (QED) is 0.382. The molecule has 8 heteroatoms. The van der Waals surface area contributed by atoms with Crippen LogP contribution in [-0.2, 0) is 14.4 Å². The molecule has 6 N–H and O–H groups in total. The van der Waals surface area contributed by atoms with Gasteiger partial charge in [-0.25, -0.2) is 4.79 Å². The minimum Gasteiger partial charge on any atom is -0.480 e. The molecule has 4 unspecified atom stereocenters. The van der Waals surface area contributed by atoms with Crippen LogP contribution in [0.2, 0.25) is 0 Å². The first-order valence-corrected chi connectivity index (χ1v) is 6.83. The normalized spacial score (nSPS) is 16.7. The number of carboxylic acids is 1. The fraction of sp³-hybridized carbons (Fsp3) is 0.769. The fourth-order valence-corrected chi connectivity index (χ4v) is 1.65. The number of aliphatic hydroxyl groups excluding tert-OH is 1. The van der Waals surface area contributed by atoms with Gasteiger partial charge in [0.1, 0.15) is 6.04 Å². The maximum atomic E-state index is 12.1. The highest BCUT2D eigenvalue weighted by Gasteiger charge is 2.30. The van der Waals surface area contributed by atoms with Gasteiger partial charge in [-0.1, -0.05) is 13.8 Å². The molecule has 0 aliphatic heterocycles. The summed E-state index contributed by atoms with van der Waals surface area (Å²) in [5.74, 6) is -2.41. The summed E-state index contributed by atoms with van der Waals surface area (Å²) < 4.78 is 0. The van der Waals surface area contributed by atoms with E-state index >= 15 is 0 Å². The van der Waals surface area contributed by atoms with Crippen molar-refractivity contribution in [1.82, 2.24) is 10.6 Å². The number of nitrogens with two attached hydrogens (primary N) is 1. The Hall–Kier alpha value is -1.67. The number of carbonyl (C=O) groups is 3. The standard InChI is InChI=1S/C13H25N3O5/c1-6(2)5-9(15-11(18)7(3)14)12(19)16-10(8(4)17)13(20)21/h6-10,17H,5,14H2,1-4H3,(H,15,18)(H,16,19)(H,20,21). The molecule has 122 valence electrons. The summed E-state index contributed by atoms with van der Waals surface area (Å²) in [6.07, 6.45) is -0.925. The SMILES string of the molecule is CC(C)CC(NC(=O)C(C)N)C(=O)NC(C(=O)O)C(C)O. The van der Waals surface area contributed by atoms with Crippen molar-refractivity contribution in [3.05, 3.63) is 0 Å². The van der Waals surface area contributed by atoms with Crippen LogP contribution < -0.4 is 16.4 Å². The van der Waals surface area contributed by atoms with E-state index in [1.54, 1.807) is 0 Å². The second-order valence-corrected chi connectivity index (χ2v) is 5.54. The largest absolute Gasteiger partial charge is 0.480 e. The van der Waals surface area contributed by atoms with Crippen LogP contribution in [0.15, 0.2) is 0 Å². The van der Waals surface area contributed by atoms with Gasteiger partial charge in [0.05, 0.1) is 12.1 Å². The molecule has 21 heavy (non-hydrogen) atoms. The van der Waals surface area contributed by atoms with Crippen molar-refractivity contribution in [3.63, 3.8) is 0 Å². The van der Waals surface area contributed by atoms with E-state index in [9.17, 15) is 19.5 Å². The minimum absolute atomic E-state index is 0.101. The van der Waals surface area contributed by atoms with E-state index in [2.05, 4.69) is 10.6 Å². The van der Waals surface area contributed by atoms with Crippen LogP contribution in [0.25, 0.3) is 0 Å². The molecule has 0 saturated heterocycles. The first kappa shape index (κ1) is 19.3. The Balaban J connectivity index is 4.93. The van der Waals surface area contributed by atoms with Crippen molar-refractivity contribution in [1.29, 1.82) is 0 Å². The van der Waals surface area contributed by atoms with Crippen LogP contribution in [0.3, 0.4) is 0 Å². The van der Waals surface area contributed by atoms with E-state index < -0.39 is 42.0 Å². The second kappa shape index (κ2) is 8.58. The summed E-state index contributed by atoms with van der Waals surface area (Å²) in [6.45, 7) is 6.47. The molecule has 0 heterocycles. The highest BCUT2D eigenvalue weighted by Crippen LogP contribution is 2.06. The zero-order valence-electron chi connectivity index (χ0n) is 12.8. The first-order valence-electron chi connectivity index (χ1n) is 6.83. The van der Waals surface area contributed by atoms with Gasteiger partial charge in [0.15, 0.2) is 6.04 Å². The average molecular weight is 303 g/mol. The number of carbonyl (C=O) groups excluding carboxylic acids is 2. The van der Waals surface area contributed by atoms with Crippen molar-refractivity contribution in [2.24, 2.45) is 11.7 Å². The third-order valence-electron chi connectivity index (χ3n) is 2.80. The number of rotatable bonds is 8. The lowest BCUT2D eigenvalue weighted by atomic mass is 10.0. The molecule has 4 atom stereocenters. The molecule has 0 aliphatic carbocycles. The van der Waals surface area contributed by atoms with Crippen molar-refractivity contribution in [3.8, 4) is 0 Å². The Morgan fingerprint density at radius 1 is 1.05 bits per heavy atom. The summed E-state index contributed by atoms with van der Waals surface area (Å²) >= 11 is 0. The lowest BCUT2D eigenvalue weighted by Gasteiger charge is -2.24. The zero-order chi connectivity index (χ0) is 16.7. The van der Waals surface area contributed by atoms with E-state index in [1.807, 2.05) is 13.8 Å². The van der Waals surface area contributed by atoms with Crippen molar-refractivity contribution in [2.75, 3.05) is 0 Å². The molecule has 0 saturated carbocycles. The van der Waals surface area contributed by atoms with E-state index in [0.29, 0.717) is 6.42 Å². The smallest absolute Gasteiger partial charge is 0.328 e. The molecule has 0 bridgehead atoms. The van der Waals surface area contributed by atoms with Crippen LogP contribution in [0.4, 0.5) is 0 Å². The van der Waals surface area contributed by atoms with Crippen LogP contribution in [-0.4, -0.2) is 52.2 Å². The third-order valence-corrected chi connectivity index (χ3v) is 2.80. The fourth-order valence-electron chi connectivity index (χ4n) is 1.65. The maximum absolute atomic E-state index is 12.1. The highest BCUT2D eigenvalue weighted by atomic mass is 16.4. The van der Waals surface area contributed by atoms with E-state index in [0.717, 1.165) is 0 Å². The van der Waals surface area contributed by atoms with E-state index in [-0.39, 0.29) is 5.92 Å². The molecule has 0 aromatic heterocycles. The lowest BCUT2D eigenvalue weighted by Crippen LogP contribution is -2.56. The maximum Gasteiger partial charge on any atom is 0.328 e. The molecule has 0 aliphatic rings.